The number of rotatable bonds is 6. The lowest BCUT2D eigenvalue weighted by molar-refractivity contribution is 0.0652. The Kier molecular flexibility index (Phi) is 5.10. The van der Waals surface area contributed by atoms with Crippen LogP contribution in [0.1, 0.15) is 50.8 Å². The number of benzene rings is 2. The molecule has 9 heteroatoms. The number of imide groups is 1. The fraction of sp³-hybridized carbons (Fsp3) is 0.217. The monoisotopic (exact) mass is 449 g/mol. The zero-order valence-electron chi connectivity index (χ0n) is 17.2. The predicted molar refractivity (Wildman–Crippen MR) is 118 cm³/mol. The minimum Gasteiger partial charge on any atom is -0.454 e. The average Bonchev–Trinajstić information content (AvgIpc) is 3.51. The number of amides is 3. The highest BCUT2D eigenvalue weighted by molar-refractivity contribution is 7.14. The molecule has 1 N–H and O–H groups in total. The molecule has 5 rings (SSSR count). The summed E-state index contributed by atoms with van der Waals surface area (Å²) in [6.45, 7) is 2.58. The van der Waals surface area contributed by atoms with Crippen molar-refractivity contribution >= 4 is 34.2 Å². The Hall–Kier alpha value is -3.72. The van der Waals surface area contributed by atoms with E-state index in [4.69, 9.17) is 9.47 Å². The van der Waals surface area contributed by atoms with E-state index in [2.05, 4.69) is 10.3 Å². The summed E-state index contributed by atoms with van der Waals surface area (Å²) in [6.07, 6.45) is 1.62. The van der Waals surface area contributed by atoms with E-state index in [0.29, 0.717) is 40.0 Å². The van der Waals surface area contributed by atoms with E-state index >= 15 is 0 Å². The van der Waals surface area contributed by atoms with Crippen molar-refractivity contribution in [2.24, 2.45) is 0 Å². The molecule has 162 valence electrons. The van der Waals surface area contributed by atoms with Gasteiger partial charge in [-0.1, -0.05) is 13.3 Å². The molecular weight excluding hydrogens is 430 g/mol. The summed E-state index contributed by atoms with van der Waals surface area (Å²) in [6, 6.07) is 10.1. The van der Waals surface area contributed by atoms with Gasteiger partial charge in [0, 0.05) is 23.1 Å². The van der Waals surface area contributed by atoms with Gasteiger partial charge in [-0.15, -0.1) is 11.3 Å². The minimum absolute atomic E-state index is 0.197. The molecule has 0 saturated heterocycles. The largest absolute Gasteiger partial charge is 0.454 e. The summed E-state index contributed by atoms with van der Waals surface area (Å²) in [7, 11) is 0. The van der Waals surface area contributed by atoms with E-state index in [0.717, 1.165) is 18.4 Å². The number of ether oxygens (including phenoxy) is 2. The number of fused-ring (bicyclic) bond motifs is 2. The van der Waals surface area contributed by atoms with Gasteiger partial charge in [-0.05, 0) is 42.8 Å². The molecule has 2 aliphatic heterocycles. The van der Waals surface area contributed by atoms with Crippen LogP contribution in [0.5, 0.6) is 11.5 Å². The number of nitrogens with zero attached hydrogens (tertiary/aromatic N) is 2. The normalized spacial score (nSPS) is 14.1. The van der Waals surface area contributed by atoms with E-state index in [9.17, 15) is 14.4 Å². The number of anilines is 1. The molecule has 32 heavy (non-hydrogen) atoms. The topological polar surface area (TPSA) is 97.8 Å². The van der Waals surface area contributed by atoms with E-state index in [1.54, 1.807) is 6.07 Å². The predicted octanol–water partition coefficient (Wildman–Crippen LogP) is 4.19. The summed E-state index contributed by atoms with van der Waals surface area (Å²) in [5, 5.41) is 5.03. The fourth-order valence-electron chi connectivity index (χ4n) is 3.64. The Morgan fingerprint density at radius 2 is 1.91 bits per heavy atom. The van der Waals surface area contributed by atoms with Gasteiger partial charge >= 0.3 is 0 Å². The molecule has 2 aliphatic rings. The van der Waals surface area contributed by atoms with Crippen LogP contribution in [0.2, 0.25) is 0 Å². The number of nitrogens with one attached hydrogen (secondary N) is 1. The third kappa shape index (κ3) is 3.50. The maximum absolute atomic E-state index is 12.8. The molecule has 0 atom stereocenters. The van der Waals surface area contributed by atoms with Crippen molar-refractivity contribution in [1.29, 1.82) is 0 Å². The van der Waals surface area contributed by atoms with Crippen molar-refractivity contribution in [3.05, 3.63) is 58.5 Å². The van der Waals surface area contributed by atoms with Crippen LogP contribution >= 0.6 is 11.3 Å². The van der Waals surface area contributed by atoms with Crippen molar-refractivity contribution in [1.82, 2.24) is 9.88 Å². The van der Waals surface area contributed by atoms with Gasteiger partial charge in [0.15, 0.2) is 16.6 Å². The third-order valence-corrected chi connectivity index (χ3v) is 6.12. The summed E-state index contributed by atoms with van der Waals surface area (Å²) >= 11 is 1.29. The third-order valence-electron chi connectivity index (χ3n) is 5.36. The number of aromatic nitrogens is 1. The molecule has 3 heterocycles. The summed E-state index contributed by atoms with van der Waals surface area (Å²) < 4.78 is 10.7. The second-order valence-electron chi connectivity index (χ2n) is 7.44. The molecule has 3 amide bonds. The highest BCUT2D eigenvalue weighted by Crippen LogP contribution is 2.36. The Morgan fingerprint density at radius 1 is 1.09 bits per heavy atom. The van der Waals surface area contributed by atoms with Crippen LogP contribution in [0.25, 0.3) is 11.3 Å². The second kappa shape index (κ2) is 8.08. The number of unbranched alkanes of at least 4 members (excludes halogenated alkanes) is 1. The number of hydrogen-bond acceptors (Lipinski definition) is 7. The molecule has 1 aromatic heterocycles. The first-order chi connectivity index (χ1) is 15.5. The van der Waals surface area contributed by atoms with Crippen molar-refractivity contribution in [3.63, 3.8) is 0 Å². The summed E-state index contributed by atoms with van der Waals surface area (Å²) in [5.74, 6) is 0.291. The van der Waals surface area contributed by atoms with E-state index in [1.807, 2.05) is 30.5 Å². The minimum atomic E-state index is -0.397. The highest BCUT2D eigenvalue weighted by atomic mass is 32.1. The first kappa shape index (κ1) is 20.2. The number of carbonyl (C=O) groups excluding carboxylic acids is 3. The van der Waals surface area contributed by atoms with Crippen molar-refractivity contribution < 1.29 is 23.9 Å². The van der Waals surface area contributed by atoms with Gasteiger partial charge in [-0.25, -0.2) is 4.98 Å². The van der Waals surface area contributed by atoms with Crippen LogP contribution in [0.15, 0.2) is 41.8 Å². The van der Waals surface area contributed by atoms with Gasteiger partial charge in [0.1, 0.15) is 0 Å². The molecule has 0 fully saturated rings. The summed E-state index contributed by atoms with van der Waals surface area (Å²) in [5.41, 5.74) is 2.44. The molecule has 3 aromatic rings. The van der Waals surface area contributed by atoms with E-state index < -0.39 is 5.91 Å². The standard InChI is InChI=1S/C23H19N3O5S/c1-2-3-8-26-21(28)15-6-4-14(9-16(15)22(26)29)20(27)25-23-24-17(11-32-23)13-5-7-18-19(10-13)31-12-30-18/h4-7,9-11H,2-3,8,12H2,1H3,(H,24,25,27). The zero-order chi connectivity index (χ0) is 22.2. The van der Waals surface area contributed by atoms with Gasteiger partial charge in [0.05, 0.1) is 16.8 Å². The Balaban J connectivity index is 1.32. The van der Waals surface area contributed by atoms with Crippen molar-refractivity contribution in [3.8, 4) is 22.8 Å². The van der Waals surface area contributed by atoms with Crippen LogP contribution in [0, 0.1) is 0 Å². The van der Waals surface area contributed by atoms with Crippen LogP contribution in [-0.4, -0.2) is 40.9 Å². The van der Waals surface area contributed by atoms with Crippen LogP contribution in [0.4, 0.5) is 5.13 Å². The number of hydrogen-bond donors (Lipinski definition) is 1. The number of carbonyl (C=O) groups is 3. The molecule has 0 spiro atoms. The quantitative estimate of drug-likeness (QED) is 0.567. The molecule has 0 aliphatic carbocycles. The lowest BCUT2D eigenvalue weighted by atomic mass is 10.1. The Morgan fingerprint density at radius 3 is 2.75 bits per heavy atom. The molecule has 0 radical (unpaired) electrons. The molecule has 0 unspecified atom stereocenters. The number of thiazole rings is 1. The maximum Gasteiger partial charge on any atom is 0.261 e. The maximum atomic E-state index is 12.8. The first-order valence-electron chi connectivity index (χ1n) is 10.2. The Bertz CT molecular complexity index is 1250. The van der Waals surface area contributed by atoms with E-state index in [1.165, 1.54) is 28.4 Å². The van der Waals surface area contributed by atoms with Crippen LogP contribution in [0.3, 0.4) is 0 Å². The van der Waals surface area contributed by atoms with Gasteiger partial charge < -0.3 is 9.47 Å². The van der Waals surface area contributed by atoms with E-state index in [-0.39, 0.29) is 24.2 Å². The van der Waals surface area contributed by atoms with Crippen LogP contribution < -0.4 is 14.8 Å². The summed E-state index contributed by atoms with van der Waals surface area (Å²) in [4.78, 5) is 43.6. The van der Waals surface area contributed by atoms with Crippen LogP contribution in [-0.2, 0) is 0 Å². The van der Waals surface area contributed by atoms with Gasteiger partial charge in [-0.3, -0.25) is 24.6 Å². The van der Waals surface area contributed by atoms with Crippen molar-refractivity contribution in [2.45, 2.75) is 19.8 Å². The zero-order valence-corrected chi connectivity index (χ0v) is 18.0. The second-order valence-corrected chi connectivity index (χ2v) is 8.29. The molecule has 0 saturated carbocycles. The molecule has 2 aromatic carbocycles. The average molecular weight is 449 g/mol. The lowest BCUT2D eigenvalue weighted by Gasteiger charge is -2.12. The molecule has 8 nitrogen and oxygen atoms in total. The lowest BCUT2D eigenvalue weighted by Crippen LogP contribution is -2.30. The molecular formula is C23H19N3O5S. The Labute approximate surface area is 187 Å². The SMILES string of the molecule is CCCCN1C(=O)c2ccc(C(=O)Nc3nc(-c4ccc5c(c4)OCO5)cs3)cc2C1=O. The smallest absolute Gasteiger partial charge is 0.261 e. The first-order valence-corrected chi connectivity index (χ1v) is 11.1. The fourth-order valence-corrected chi connectivity index (χ4v) is 4.35. The highest BCUT2D eigenvalue weighted by Gasteiger charge is 2.35. The van der Waals surface area contributed by atoms with Crippen molar-refractivity contribution in [2.75, 3.05) is 18.7 Å². The molecule has 0 bridgehead atoms. The van der Waals surface area contributed by atoms with Gasteiger partial charge in [-0.2, -0.15) is 0 Å². The van der Waals surface area contributed by atoms with Gasteiger partial charge in [0.25, 0.3) is 17.7 Å². The van der Waals surface area contributed by atoms with Gasteiger partial charge in [0.2, 0.25) is 6.79 Å².